The molecule has 3 nitrogen and oxygen atoms in total. The quantitative estimate of drug-likeness (QED) is 0.868. The molecule has 1 atom stereocenters. The molecule has 0 aliphatic carbocycles. The van der Waals surface area contributed by atoms with Crippen LogP contribution < -0.4 is 9.47 Å². The molecule has 1 aromatic rings. The first-order valence-corrected chi connectivity index (χ1v) is 4.99. The van der Waals surface area contributed by atoms with Crippen molar-refractivity contribution >= 4 is 11.6 Å². The first-order chi connectivity index (χ1) is 7.02. The van der Waals surface area contributed by atoms with Crippen molar-refractivity contribution in [2.45, 2.75) is 20.0 Å². The van der Waals surface area contributed by atoms with Crippen LogP contribution in [0, 0.1) is 6.92 Å². The predicted octanol–water partition coefficient (Wildman–Crippen LogP) is 2.72. The van der Waals surface area contributed by atoms with Gasteiger partial charge in [-0.2, -0.15) is 0 Å². The molecule has 0 aliphatic rings. The van der Waals surface area contributed by atoms with E-state index in [1.165, 1.54) is 7.11 Å². The monoisotopic (exact) mass is 230 g/mol. The van der Waals surface area contributed by atoms with Crippen molar-refractivity contribution in [2.75, 3.05) is 14.2 Å². The zero-order chi connectivity index (χ0) is 11.6. The van der Waals surface area contributed by atoms with Gasteiger partial charge >= 0.3 is 0 Å². The van der Waals surface area contributed by atoms with Crippen LogP contribution in [0.4, 0.5) is 0 Å². The molecule has 4 heteroatoms. The number of aliphatic hydroxyl groups excluding tert-OH is 1. The van der Waals surface area contributed by atoms with Crippen LogP contribution in [-0.2, 0) is 0 Å². The molecular formula is C11H15ClO3. The smallest absolute Gasteiger partial charge is 0.168 e. The van der Waals surface area contributed by atoms with Crippen LogP contribution in [0.25, 0.3) is 0 Å². The molecular weight excluding hydrogens is 216 g/mol. The van der Waals surface area contributed by atoms with E-state index in [1.54, 1.807) is 20.1 Å². The second-order valence-corrected chi connectivity index (χ2v) is 3.71. The Morgan fingerprint density at radius 1 is 1.33 bits per heavy atom. The largest absolute Gasteiger partial charge is 0.493 e. The number of aryl methyl sites for hydroxylation is 1. The highest BCUT2D eigenvalue weighted by Crippen LogP contribution is 2.41. The lowest BCUT2D eigenvalue weighted by atomic mass is 10.0. The molecule has 0 spiro atoms. The third-order valence-corrected chi connectivity index (χ3v) is 2.74. The van der Waals surface area contributed by atoms with Crippen LogP contribution in [0.15, 0.2) is 6.07 Å². The van der Waals surface area contributed by atoms with Crippen molar-refractivity contribution in [1.29, 1.82) is 0 Å². The SMILES string of the molecule is COc1cc(C)c(Cl)c(C(C)O)c1OC. The van der Waals surface area contributed by atoms with E-state index >= 15 is 0 Å². The van der Waals surface area contributed by atoms with Crippen molar-refractivity contribution in [3.63, 3.8) is 0 Å². The fourth-order valence-corrected chi connectivity index (χ4v) is 1.80. The molecule has 1 aromatic carbocycles. The summed E-state index contributed by atoms with van der Waals surface area (Å²) in [6, 6.07) is 1.78. The molecule has 0 aromatic heterocycles. The number of methoxy groups -OCH3 is 2. The maximum Gasteiger partial charge on any atom is 0.168 e. The first kappa shape index (κ1) is 12.1. The molecule has 0 bridgehead atoms. The Bertz CT molecular complexity index is 361. The minimum absolute atomic E-state index is 0.489. The van der Waals surface area contributed by atoms with Gasteiger partial charge in [0.15, 0.2) is 11.5 Å². The van der Waals surface area contributed by atoms with E-state index in [0.29, 0.717) is 22.1 Å². The van der Waals surface area contributed by atoms with Crippen LogP contribution in [0.5, 0.6) is 11.5 Å². The van der Waals surface area contributed by atoms with Crippen molar-refractivity contribution in [2.24, 2.45) is 0 Å². The van der Waals surface area contributed by atoms with Crippen molar-refractivity contribution in [3.05, 3.63) is 22.2 Å². The van der Waals surface area contributed by atoms with Crippen LogP contribution in [0.1, 0.15) is 24.2 Å². The highest BCUT2D eigenvalue weighted by Gasteiger charge is 2.19. The van der Waals surface area contributed by atoms with E-state index in [1.807, 2.05) is 6.92 Å². The zero-order valence-electron chi connectivity index (χ0n) is 9.30. The maximum absolute atomic E-state index is 9.64. The summed E-state index contributed by atoms with van der Waals surface area (Å²) in [6.07, 6.45) is -0.693. The number of halogens is 1. The van der Waals surface area contributed by atoms with Gasteiger partial charge in [-0.3, -0.25) is 0 Å². The molecule has 0 saturated carbocycles. The first-order valence-electron chi connectivity index (χ1n) is 4.62. The molecule has 0 amide bonds. The maximum atomic E-state index is 9.64. The minimum Gasteiger partial charge on any atom is -0.493 e. The summed E-state index contributed by atoms with van der Waals surface area (Å²) >= 11 is 6.11. The molecule has 1 N–H and O–H groups in total. The molecule has 1 rings (SSSR count). The number of rotatable bonds is 3. The predicted molar refractivity (Wildman–Crippen MR) is 59.9 cm³/mol. The third-order valence-electron chi connectivity index (χ3n) is 2.24. The van der Waals surface area contributed by atoms with E-state index in [4.69, 9.17) is 21.1 Å². The average Bonchev–Trinajstić information content (AvgIpc) is 2.20. The fraction of sp³-hybridized carbons (Fsp3) is 0.455. The van der Waals surface area contributed by atoms with Crippen LogP contribution >= 0.6 is 11.6 Å². The van der Waals surface area contributed by atoms with Crippen LogP contribution in [0.2, 0.25) is 5.02 Å². The van der Waals surface area contributed by atoms with Crippen molar-refractivity contribution < 1.29 is 14.6 Å². The Kier molecular flexibility index (Phi) is 3.83. The summed E-state index contributed by atoms with van der Waals surface area (Å²) in [6.45, 7) is 3.50. The standard InChI is InChI=1S/C11H15ClO3/c1-6-5-8(14-3)11(15-4)9(7(2)13)10(6)12/h5,7,13H,1-4H3. The average molecular weight is 231 g/mol. The lowest BCUT2D eigenvalue weighted by molar-refractivity contribution is 0.193. The van der Waals surface area contributed by atoms with Crippen LogP contribution in [-0.4, -0.2) is 19.3 Å². The van der Waals surface area contributed by atoms with E-state index < -0.39 is 6.10 Å². The Hall–Kier alpha value is -0.930. The Morgan fingerprint density at radius 3 is 2.33 bits per heavy atom. The molecule has 0 heterocycles. The van der Waals surface area contributed by atoms with Gasteiger partial charge in [-0.25, -0.2) is 0 Å². The second kappa shape index (κ2) is 4.73. The Morgan fingerprint density at radius 2 is 1.93 bits per heavy atom. The highest BCUT2D eigenvalue weighted by atomic mass is 35.5. The second-order valence-electron chi connectivity index (χ2n) is 3.33. The van der Waals surface area contributed by atoms with Gasteiger partial charge in [-0.1, -0.05) is 11.6 Å². The summed E-state index contributed by atoms with van der Waals surface area (Å²) < 4.78 is 10.4. The van der Waals surface area contributed by atoms with Gasteiger partial charge in [0, 0.05) is 5.56 Å². The lowest BCUT2D eigenvalue weighted by Gasteiger charge is -2.17. The summed E-state index contributed by atoms with van der Waals surface area (Å²) in [7, 11) is 3.08. The molecule has 0 fully saturated rings. The Balaban J connectivity index is 3.49. The molecule has 0 aliphatic heterocycles. The molecule has 0 radical (unpaired) electrons. The summed E-state index contributed by atoms with van der Waals surface area (Å²) in [5, 5.41) is 10.2. The van der Waals surface area contributed by atoms with Gasteiger partial charge in [0.25, 0.3) is 0 Å². The summed E-state index contributed by atoms with van der Waals surface area (Å²) in [5.74, 6) is 1.07. The number of hydrogen-bond donors (Lipinski definition) is 1. The summed E-state index contributed by atoms with van der Waals surface area (Å²) in [4.78, 5) is 0. The van der Waals surface area contributed by atoms with Gasteiger partial charge in [0.2, 0.25) is 0 Å². The molecule has 0 saturated heterocycles. The van der Waals surface area contributed by atoms with E-state index in [9.17, 15) is 5.11 Å². The van der Waals surface area contributed by atoms with E-state index in [0.717, 1.165) is 5.56 Å². The zero-order valence-corrected chi connectivity index (χ0v) is 10.1. The summed E-state index contributed by atoms with van der Waals surface area (Å²) in [5.41, 5.74) is 1.42. The van der Waals surface area contributed by atoms with Crippen LogP contribution in [0.3, 0.4) is 0 Å². The number of benzene rings is 1. The minimum atomic E-state index is -0.693. The highest BCUT2D eigenvalue weighted by molar-refractivity contribution is 6.32. The van der Waals surface area contributed by atoms with Gasteiger partial charge < -0.3 is 14.6 Å². The normalized spacial score (nSPS) is 12.4. The van der Waals surface area contributed by atoms with Gasteiger partial charge in [0.05, 0.1) is 25.3 Å². The lowest BCUT2D eigenvalue weighted by Crippen LogP contribution is -2.01. The number of hydrogen-bond acceptors (Lipinski definition) is 3. The Labute approximate surface area is 94.6 Å². The van der Waals surface area contributed by atoms with Gasteiger partial charge in [0.1, 0.15) is 0 Å². The van der Waals surface area contributed by atoms with Crippen molar-refractivity contribution in [3.8, 4) is 11.5 Å². The molecule has 84 valence electrons. The van der Waals surface area contributed by atoms with E-state index in [2.05, 4.69) is 0 Å². The van der Waals surface area contributed by atoms with E-state index in [-0.39, 0.29) is 0 Å². The fourth-order valence-electron chi connectivity index (χ4n) is 1.51. The number of ether oxygens (including phenoxy) is 2. The van der Waals surface area contributed by atoms with Gasteiger partial charge in [-0.05, 0) is 25.5 Å². The topological polar surface area (TPSA) is 38.7 Å². The molecule has 1 unspecified atom stereocenters. The number of aliphatic hydroxyl groups is 1. The van der Waals surface area contributed by atoms with Gasteiger partial charge in [-0.15, -0.1) is 0 Å². The molecule has 15 heavy (non-hydrogen) atoms. The van der Waals surface area contributed by atoms with Crippen molar-refractivity contribution in [1.82, 2.24) is 0 Å². The third kappa shape index (κ3) is 2.19.